The van der Waals surface area contributed by atoms with Gasteiger partial charge in [0.25, 0.3) is 11.8 Å². The second-order valence-electron chi connectivity index (χ2n) is 6.48. The van der Waals surface area contributed by atoms with Crippen LogP contribution in [0.1, 0.15) is 29.9 Å². The van der Waals surface area contributed by atoms with Crippen LogP contribution in [0.3, 0.4) is 0 Å². The van der Waals surface area contributed by atoms with E-state index >= 15 is 0 Å². The van der Waals surface area contributed by atoms with Crippen LogP contribution in [0.2, 0.25) is 0 Å². The Morgan fingerprint density at radius 2 is 1.69 bits per heavy atom. The molecular formula is C19H27N5O4S. The Morgan fingerprint density at radius 1 is 1.07 bits per heavy atom. The second kappa shape index (κ2) is 9.57. The summed E-state index contributed by atoms with van der Waals surface area (Å²) in [4.78, 5) is 24.3. The maximum Gasteiger partial charge on any atom is 0.286 e. The summed E-state index contributed by atoms with van der Waals surface area (Å²) in [5.74, 6) is -1.05. The highest BCUT2D eigenvalue weighted by Gasteiger charge is 2.25. The summed E-state index contributed by atoms with van der Waals surface area (Å²) >= 11 is 0. The van der Waals surface area contributed by atoms with Crippen molar-refractivity contribution in [2.75, 3.05) is 25.0 Å². The fourth-order valence-corrected chi connectivity index (χ4v) is 4.23. The summed E-state index contributed by atoms with van der Waals surface area (Å²) in [5.41, 5.74) is 6.61. The number of carbonyl (C=O) groups excluding carboxylic acids is 2. The highest BCUT2D eigenvalue weighted by molar-refractivity contribution is 7.89. The smallest absolute Gasteiger partial charge is 0.286 e. The third-order valence-electron chi connectivity index (χ3n) is 4.38. The van der Waals surface area contributed by atoms with Gasteiger partial charge in [0.15, 0.2) is 0 Å². The second-order valence-corrected chi connectivity index (χ2v) is 8.42. The number of anilines is 1. The zero-order valence-electron chi connectivity index (χ0n) is 17.0. The summed E-state index contributed by atoms with van der Waals surface area (Å²) in [6.45, 7) is 6.10. The molecule has 0 aliphatic rings. The number of sulfonamides is 1. The zero-order valence-corrected chi connectivity index (χ0v) is 17.8. The molecule has 0 aliphatic heterocycles. The van der Waals surface area contributed by atoms with E-state index in [1.807, 2.05) is 31.2 Å². The lowest BCUT2D eigenvalue weighted by Gasteiger charge is -2.17. The van der Waals surface area contributed by atoms with Gasteiger partial charge in [0.05, 0.1) is 6.54 Å². The number of hydrogen-bond acceptors (Lipinski definition) is 5. The lowest BCUT2D eigenvalue weighted by Crippen LogP contribution is -2.44. The average molecular weight is 422 g/mol. The van der Waals surface area contributed by atoms with E-state index in [0.29, 0.717) is 13.1 Å². The molecule has 10 heteroatoms. The van der Waals surface area contributed by atoms with Crippen LogP contribution in [0, 0.1) is 6.92 Å². The molecule has 0 saturated carbocycles. The molecule has 0 atom stereocenters. The minimum atomic E-state index is -3.67. The molecule has 0 bridgehead atoms. The molecule has 1 aromatic carbocycles. The molecule has 0 spiro atoms. The largest absolute Gasteiger partial charge is 0.376 e. The number of hydrazine groups is 1. The van der Waals surface area contributed by atoms with Gasteiger partial charge in [-0.25, -0.2) is 8.42 Å². The van der Waals surface area contributed by atoms with Crippen molar-refractivity contribution >= 4 is 27.5 Å². The maximum absolute atomic E-state index is 12.6. The van der Waals surface area contributed by atoms with Gasteiger partial charge in [0, 0.05) is 32.0 Å². The number of carbonyl (C=O) groups is 2. The first-order valence-electron chi connectivity index (χ1n) is 9.25. The van der Waals surface area contributed by atoms with Gasteiger partial charge >= 0.3 is 0 Å². The molecule has 2 rings (SSSR count). The third kappa shape index (κ3) is 5.58. The first kappa shape index (κ1) is 22.4. The summed E-state index contributed by atoms with van der Waals surface area (Å²) in [7, 11) is -2.11. The van der Waals surface area contributed by atoms with Gasteiger partial charge < -0.3 is 9.88 Å². The number of hydrogen-bond donors (Lipinski definition) is 3. The summed E-state index contributed by atoms with van der Waals surface area (Å²) < 4.78 is 27.9. The van der Waals surface area contributed by atoms with Gasteiger partial charge in [0.1, 0.15) is 10.6 Å². The van der Waals surface area contributed by atoms with Gasteiger partial charge in [-0.2, -0.15) is 4.31 Å². The lowest BCUT2D eigenvalue weighted by molar-refractivity contribution is -0.120. The molecule has 2 aromatic rings. The number of aryl methyl sites for hydroxylation is 2. The van der Waals surface area contributed by atoms with Gasteiger partial charge in [-0.05, 0) is 25.1 Å². The fourth-order valence-electron chi connectivity index (χ4n) is 2.70. The van der Waals surface area contributed by atoms with Crippen molar-refractivity contribution in [1.82, 2.24) is 19.7 Å². The normalized spacial score (nSPS) is 11.3. The number of rotatable bonds is 8. The van der Waals surface area contributed by atoms with Crippen molar-refractivity contribution in [1.29, 1.82) is 0 Å². The molecule has 2 amide bonds. The minimum absolute atomic E-state index is 0.0289. The van der Waals surface area contributed by atoms with E-state index in [9.17, 15) is 18.0 Å². The predicted molar refractivity (Wildman–Crippen MR) is 111 cm³/mol. The Balaban J connectivity index is 1.96. The van der Waals surface area contributed by atoms with Crippen molar-refractivity contribution in [3.63, 3.8) is 0 Å². The first-order valence-corrected chi connectivity index (χ1v) is 10.7. The number of aromatic nitrogens is 1. The van der Waals surface area contributed by atoms with E-state index in [1.54, 1.807) is 20.9 Å². The van der Waals surface area contributed by atoms with Crippen molar-refractivity contribution in [2.45, 2.75) is 25.7 Å². The highest BCUT2D eigenvalue weighted by atomic mass is 32.2. The van der Waals surface area contributed by atoms with Gasteiger partial charge in [0.2, 0.25) is 10.0 Å². The molecule has 0 aliphatic carbocycles. The van der Waals surface area contributed by atoms with Gasteiger partial charge in [-0.1, -0.05) is 31.5 Å². The van der Waals surface area contributed by atoms with Crippen LogP contribution in [0.4, 0.5) is 5.69 Å². The van der Waals surface area contributed by atoms with E-state index in [0.717, 1.165) is 11.3 Å². The maximum atomic E-state index is 12.6. The quantitative estimate of drug-likeness (QED) is 0.555. The van der Waals surface area contributed by atoms with E-state index in [1.165, 1.54) is 21.1 Å². The molecule has 1 aromatic heterocycles. The summed E-state index contributed by atoms with van der Waals surface area (Å²) in [6, 6.07) is 8.83. The van der Waals surface area contributed by atoms with Crippen LogP contribution < -0.4 is 16.2 Å². The third-order valence-corrected chi connectivity index (χ3v) is 6.39. The Kier molecular flexibility index (Phi) is 7.40. The lowest BCUT2D eigenvalue weighted by atomic mass is 10.2. The molecule has 29 heavy (non-hydrogen) atoms. The standard InChI is InChI=1S/C19H27N5O4S/c1-5-24(6-2)29(27,28)16-11-17(23(4)13-16)19(26)22-21-18(25)12-20-15-9-7-14(3)8-10-15/h7-11,13,20H,5-6,12H2,1-4H3,(H,21,25)(H,22,26). The average Bonchev–Trinajstić information content (AvgIpc) is 3.09. The van der Waals surface area contributed by atoms with Crippen LogP contribution in [0.15, 0.2) is 41.4 Å². The first-order chi connectivity index (χ1) is 13.7. The molecular weight excluding hydrogens is 394 g/mol. The minimum Gasteiger partial charge on any atom is -0.376 e. The Hall–Kier alpha value is -2.85. The molecule has 0 radical (unpaired) electrons. The zero-order chi connectivity index (χ0) is 21.6. The Bertz CT molecular complexity index is 963. The van der Waals surface area contributed by atoms with E-state index in [-0.39, 0.29) is 17.1 Å². The fraction of sp³-hybridized carbons (Fsp3) is 0.368. The molecule has 3 N–H and O–H groups in total. The topological polar surface area (TPSA) is 113 Å². The molecule has 0 saturated heterocycles. The van der Waals surface area contributed by atoms with Crippen LogP contribution in [-0.4, -0.2) is 48.7 Å². The molecule has 1 heterocycles. The number of amides is 2. The van der Waals surface area contributed by atoms with Crippen LogP contribution >= 0.6 is 0 Å². The van der Waals surface area contributed by atoms with Crippen LogP contribution in [0.5, 0.6) is 0 Å². The SMILES string of the molecule is CCN(CC)S(=O)(=O)c1cc(C(=O)NNC(=O)CNc2ccc(C)cc2)n(C)c1. The molecule has 9 nitrogen and oxygen atoms in total. The molecule has 0 fully saturated rings. The molecule has 0 unspecified atom stereocenters. The number of nitrogens with one attached hydrogen (secondary N) is 3. The van der Waals surface area contributed by atoms with E-state index < -0.39 is 21.8 Å². The van der Waals surface area contributed by atoms with Gasteiger partial charge in [-0.3, -0.25) is 20.4 Å². The number of nitrogens with zero attached hydrogens (tertiary/aromatic N) is 2. The van der Waals surface area contributed by atoms with E-state index in [2.05, 4.69) is 16.2 Å². The Morgan fingerprint density at radius 3 is 2.28 bits per heavy atom. The monoisotopic (exact) mass is 421 g/mol. The predicted octanol–water partition coefficient (Wildman–Crippen LogP) is 1.24. The Labute approximate surface area is 171 Å². The van der Waals surface area contributed by atoms with Gasteiger partial charge in [-0.15, -0.1) is 0 Å². The highest BCUT2D eigenvalue weighted by Crippen LogP contribution is 2.18. The van der Waals surface area contributed by atoms with Crippen LogP contribution in [-0.2, 0) is 21.9 Å². The summed E-state index contributed by atoms with van der Waals surface area (Å²) in [6.07, 6.45) is 1.38. The van der Waals surface area contributed by atoms with E-state index in [4.69, 9.17) is 0 Å². The van der Waals surface area contributed by atoms with Crippen molar-refractivity contribution in [3.05, 3.63) is 47.8 Å². The van der Waals surface area contributed by atoms with Crippen LogP contribution in [0.25, 0.3) is 0 Å². The van der Waals surface area contributed by atoms with Crippen molar-refractivity contribution < 1.29 is 18.0 Å². The summed E-state index contributed by atoms with van der Waals surface area (Å²) in [5, 5.41) is 2.94. The van der Waals surface area contributed by atoms with Crippen molar-refractivity contribution in [3.8, 4) is 0 Å². The van der Waals surface area contributed by atoms with Crippen molar-refractivity contribution in [2.24, 2.45) is 7.05 Å². The molecule has 158 valence electrons. The number of benzene rings is 1.